The Balaban J connectivity index is 1.66. The normalized spacial score (nSPS) is 13.4. The number of unbranched alkanes of at least 4 members (excludes halogenated alkanes) is 1. The van der Waals surface area contributed by atoms with Gasteiger partial charge < -0.3 is 14.6 Å². The third-order valence-corrected chi connectivity index (χ3v) is 5.29. The lowest BCUT2D eigenvalue weighted by molar-refractivity contribution is -0.144. The Hall–Kier alpha value is -2.86. The summed E-state index contributed by atoms with van der Waals surface area (Å²) in [5.74, 6) is -1.18. The number of rotatable bonds is 9. The number of fused-ring (bicyclic) bond motifs is 3. The van der Waals surface area contributed by atoms with Crippen molar-refractivity contribution in [3.8, 4) is 11.1 Å². The number of hydrogen-bond donors (Lipinski definition) is 1. The van der Waals surface area contributed by atoms with Crippen molar-refractivity contribution in [3.05, 3.63) is 59.7 Å². The largest absolute Gasteiger partial charge is 0.480 e. The molecule has 1 aliphatic carbocycles. The Bertz CT molecular complexity index is 820. The number of hydrogen-bond acceptors (Lipinski definition) is 4. The second kappa shape index (κ2) is 9.56. The first-order valence-electron chi connectivity index (χ1n) is 9.93. The third-order valence-electron chi connectivity index (χ3n) is 5.29. The number of carbonyl (C=O) groups is 2. The zero-order chi connectivity index (χ0) is 20.8. The molecule has 6 nitrogen and oxygen atoms in total. The minimum Gasteiger partial charge on any atom is -0.480 e. The van der Waals surface area contributed by atoms with Gasteiger partial charge in [-0.1, -0.05) is 61.9 Å². The van der Waals surface area contributed by atoms with E-state index in [4.69, 9.17) is 9.47 Å². The Labute approximate surface area is 171 Å². The summed E-state index contributed by atoms with van der Waals surface area (Å²) in [4.78, 5) is 25.2. The topological polar surface area (TPSA) is 76.1 Å². The number of carbonyl (C=O) groups excluding carboxylic acids is 1. The molecule has 0 radical (unpaired) electrons. The Kier molecular flexibility index (Phi) is 6.88. The van der Waals surface area contributed by atoms with Crippen LogP contribution in [0.1, 0.15) is 36.8 Å². The first-order valence-corrected chi connectivity index (χ1v) is 9.93. The summed E-state index contributed by atoms with van der Waals surface area (Å²) in [5.41, 5.74) is 4.51. The van der Waals surface area contributed by atoms with Crippen molar-refractivity contribution in [1.29, 1.82) is 0 Å². The van der Waals surface area contributed by atoms with Gasteiger partial charge in [-0.25, -0.2) is 9.59 Å². The number of nitrogens with zero attached hydrogens (tertiary/aromatic N) is 1. The lowest BCUT2D eigenvalue weighted by Crippen LogP contribution is -2.46. The molecule has 0 heterocycles. The fraction of sp³-hybridized carbons (Fsp3) is 0.391. The van der Waals surface area contributed by atoms with Crippen LogP contribution < -0.4 is 0 Å². The molecule has 1 amide bonds. The number of aliphatic carboxylic acids is 1. The quantitative estimate of drug-likeness (QED) is 0.644. The molecule has 1 aliphatic rings. The van der Waals surface area contributed by atoms with Crippen LogP contribution >= 0.6 is 0 Å². The van der Waals surface area contributed by atoms with Gasteiger partial charge in [0.2, 0.25) is 0 Å². The number of amides is 1. The summed E-state index contributed by atoms with van der Waals surface area (Å²) >= 11 is 0. The molecule has 0 unspecified atom stereocenters. The molecule has 0 saturated carbocycles. The standard InChI is InChI=1S/C23H27NO5/c1-3-4-13-28-15-21(22(25)26)24(2)23(27)29-14-20-18-11-7-5-9-16(18)17-10-6-8-12-19(17)20/h5-12,20-21H,3-4,13-15H2,1-2H3,(H,25,26)/t21-/m1/s1. The molecular formula is C23H27NO5. The highest BCUT2D eigenvalue weighted by molar-refractivity contribution is 5.81. The van der Waals surface area contributed by atoms with Crippen molar-refractivity contribution in [3.63, 3.8) is 0 Å². The van der Waals surface area contributed by atoms with Crippen molar-refractivity contribution in [2.75, 3.05) is 26.9 Å². The molecule has 1 atom stereocenters. The van der Waals surface area contributed by atoms with E-state index in [9.17, 15) is 14.7 Å². The van der Waals surface area contributed by atoms with Crippen molar-refractivity contribution in [2.24, 2.45) is 0 Å². The van der Waals surface area contributed by atoms with E-state index in [2.05, 4.69) is 12.1 Å². The summed E-state index contributed by atoms with van der Waals surface area (Å²) in [7, 11) is 1.43. The van der Waals surface area contributed by atoms with Gasteiger partial charge in [0, 0.05) is 19.6 Å². The maximum absolute atomic E-state index is 12.5. The molecule has 154 valence electrons. The summed E-state index contributed by atoms with van der Waals surface area (Å²) < 4.78 is 10.9. The molecule has 29 heavy (non-hydrogen) atoms. The van der Waals surface area contributed by atoms with E-state index < -0.39 is 18.1 Å². The maximum Gasteiger partial charge on any atom is 0.410 e. The van der Waals surface area contributed by atoms with Crippen LogP contribution in [0.25, 0.3) is 11.1 Å². The summed E-state index contributed by atoms with van der Waals surface area (Å²) in [6.45, 7) is 2.59. The Morgan fingerprint density at radius 2 is 1.66 bits per heavy atom. The van der Waals surface area contributed by atoms with E-state index in [1.165, 1.54) is 7.05 Å². The van der Waals surface area contributed by atoms with Crippen LogP contribution in [0.2, 0.25) is 0 Å². The second-order valence-electron chi connectivity index (χ2n) is 7.20. The first kappa shape index (κ1) is 20.9. The van der Waals surface area contributed by atoms with Gasteiger partial charge in [-0.05, 0) is 28.7 Å². The zero-order valence-corrected chi connectivity index (χ0v) is 16.8. The molecule has 6 heteroatoms. The zero-order valence-electron chi connectivity index (χ0n) is 16.8. The predicted molar refractivity (Wildman–Crippen MR) is 110 cm³/mol. The minimum absolute atomic E-state index is 0.0595. The fourth-order valence-electron chi connectivity index (χ4n) is 3.61. The van der Waals surface area contributed by atoms with Crippen LogP contribution in [0.15, 0.2) is 48.5 Å². The Morgan fingerprint density at radius 3 is 2.21 bits per heavy atom. The lowest BCUT2D eigenvalue weighted by atomic mass is 9.98. The van der Waals surface area contributed by atoms with E-state index in [-0.39, 0.29) is 19.1 Å². The summed E-state index contributed by atoms with van der Waals surface area (Å²) in [6.07, 6.45) is 1.14. The molecule has 2 aromatic carbocycles. The summed E-state index contributed by atoms with van der Waals surface area (Å²) in [6, 6.07) is 15.1. The smallest absolute Gasteiger partial charge is 0.410 e. The summed E-state index contributed by atoms with van der Waals surface area (Å²) in [5, 5.41) is 9.46. The van der Waals surface area contributed by atoms with E-state index >= 15 is 0 Å². The molecule has 0 aliphatic heterocycles. The highest BCUT2D eigenvalue weighted by Crippen LogP contribution is 2.44. The van der Waals surface area contributed by atoms with Crippen molar-refractivity contribution < 1.29 is 24.2 Å². The van der Waals surface area contributed by atoms with E-state index in [1.54, 1.807) is 0 Å². The first-order chi connectivity index (χ1) is 14.0. The molecule has 3 rings (SSSR count). The van der Waals surface area contributed by atoms with Gasteiger partial charge in [-0.2, -0.15) is 0 Å². The predicted octanol–water partition coefficient (Wildman–Crippen LogP) is 4.14. The van der Waals surface area contributed by atoms with Gasteiger partial charge in [-0.15, -0.1) is 0 Å². The van der Waals surface area contributed by atoms with Crippen LogP contribution in [-0.2, 0) is 14.3 Å². The average molecular weight is 397 g/mol. The van der Waals surface area contributed by atoms with Gasteiger partial charge in [0.25, 0.3) is 0 Å². The molecular weight excluding hydrogens is 370 g/mol. The van der Waals surface area contributed by atoms with Crippen molar-refractivity contribution >= 4 is 12.1 Å². The SMILES string of the molecule is CCCCOC[C@H](C(=O)O)N(C)C(=O)OCC1c2ccccc2-c2ccccc21. The van der Waals surface area contributed by atoms with Crippen LogP contribution in [0.3, 0.4) is 0 Å². The molecule has 0 fully saturated rings. The van der Waals surface area contributed by atoms with Gasteiger partial charge in [0.05, 0.1) is 6.61 Å². The van der Waals surface area contributed by atoms with Gasteiger partial charge in [0.15, 0.2) is 6.04 Å². The number of likely N-dealkylation sites (N-methyl/N-ethyl adjacent to an activating group) is 1. The van der Waals surface area contributed by atoms with E-state index in [0.717, 1.165) is 40.0 Å². The molecule has 1 N–H and O–H groups in total. The molecule has 0 saturated heterocycles. The molecule has 0 aromatic heterocycles. The van der Waals surface area contributed by atoms with Gasteiger partial charge in [0.1, 0.15) is 6.61 Å². The average Bonchev–Trinajstić information content (AvgIpc) is 3.05. The van der Waals surface area contributed by atoms with Crippen LogP contribution in [0.5, 0.6) is 0 Å². The molecule has 0 bridgehead atoms. The van der Waals surface area contributed by atoms with E-state index in [1.807, 2.05) is 43.3 Å². The maximum atomic E-state index is 12.5. The highest BCUT2D eigenvalue weighted by atomic mass is 16.6. The van der Waals surface area contributed by atoms with Gasteiger partial charge >= 0.3 is 12.1 Å². The Morgan fingerprint density at radius 1 is 1.07 bits per heavy atom. The van der Waals surface area contributed by atoms with Crippen LogP contribution in [0, 0.1) is 0 Å². The van der Waals surface area contributed by atoms with Gasteiger partial charge in [-0.3, -0.25) is 4.90 Å². The van der Waals surface area contributed by atoms with Crippen LogP contribution in [-0.4, -0.2) is 55.0 Å². The third kappa shape index (κ3) is 4.59. The fourth-order valence-corrected chi connectivity index (χ4v) is 3.61. The molecule has 0 spiro atoms. The number of ether oxygens (including phenoxy) is 2. The lowest BCUT2D eigenvalue weighted by Gasteiger charge is -2.25. The minimum atomic E-state index is -1.11. The number of carboxylic acid groups (broad SMARTS) is 1. The van der Waals surface area contributed by atoms with Crippen molar-refractivity contribution in [1.82, 2.24) is 4.90 Å². The second-order valence-corrected chi connectivity index (χ2v) is 7.20. The molecule has 2 aromatic rings. The van der Waals surface area contributed by atoms with Crippen molar-refractivity contribution in [2.45, 2.75) is 31.7 Å². The number of benzene rings is 2. The highest BCUT2D eigenvalue weighted by Gasteiger charge is 2.32. The van der Waals surface area contributed by atoms with E-state index in [0.29, 0.717) is 6.61 Å². The monoisotopic (exact) mass is 397 g/mol. The number of carboxylic acids is 1. The van der Waals surface area contributed by atoms with Crippen LogP contribution in [0.4, 0.5) is 4.79 Å².